The molecule has 3 heterocycles. The first-order valence-corrected chi connectivity index (χ1v) is 14.6. The minimum Gasteiger partial charge on any atom is -0.326 e. The normalized spacial score (nSPS) is 27.6. The highest BCUT2D eigenvalue weighted by molar-refractivity contribution is 6.07. The van der Waals surface area contributed by atoms with Crippen LogP contribution in [0.5, 0.6) is 0 Å². The molecule has 0 saturated carbocycles. The predicted octanol–water partition coefficient (Wildman–Crippen LogP) is 3.39. The first kappa shape index (κ1) is 28.3. The number of likely N-dealkylation sites (N-methyl/N-ethyl adjacent to an activating group) is 1. The van der Waals surface area contributed by atoms with Gasteiger partial charge in [0.05, 0.1) is 12.0 Å². The zero-order valence-corrected chi connectivity index (χ0v) is 23.8. The predicted molar refractivity (Wildman–Crippen MR) is 150 cm³/mol. The van der Waals surface area contributed by atoms with Crippen molar-refractivity contribution >= 4 is 29.4 Å². The van der Waals surface area contributed by atoms with Crippen molar-refractivity contribution in [3.63, 3.8) is 0 Å². The minimum atomic E-state index is -0.975. The van der Waals surface area contributed by atoms with Crippen LogP contribution in [0, 0.1) is 17.6 Å². The molecule has 6 rings (SSSR count). The van der Waals surface area contributed by atoms with Crippen LogP contribution in [0.15, 0.2) is 36.4 Å². The van der Waals surface area contributed by atoms with E-state index in [2.05, 4.69) is 22.5 Å². The third kappa shape index (κ3) is 4.83. The van der Waals surface area contributed by atoms with Crippen LogP contribution in [0.3, 0.4) is 0 Å². The van der Waals surface area contributed by atoms with Gasteiger partial charge < -0.3 is 15.1 Å². The Balaban J connectivity index is 1.24. The van der Waals surface area contributed by atoms with Crippen molar-refractivity contribution in [2.45, 2.75) is 63.1 Å². The molecule has 11 heteroatoms. The summed E-state index contributed by atoms with van der Waals surface area (Å²) in [5.74, 6) is -2.67. The van der Waals surface area contributed by atoms with Crippen LogP contribution in [0.1, 0.15) is 55.3 Å². The summed E-state index contributed by atoms with van der Waals surface area (Å²) in [5, 5.41) is 5.26. The number of piperidine rings is 1. The molecule has 4 aliphatic rings. The average molecular weight is 580 g/mol. The van der Waals surface area contributed by atoms with E-state index in [0.29, 0.717) is 43.4 Å². The highest BCUT2D eigenvalue weighted by atomic mass is 19.1. The van der Waals surface area contributed by atoms with E-state index in [-0.39, 0.29) is 30.3 Å². The molecule has 4 atom stereocenters. The largest absolute Gasteiger partial charge is 0.326 e. The summed E-state index contributed by atoms with van der Waals surface area (Å²) >= 11 is 0. The van der Waals surface area contributed by atoms with E-state index >= 15 is 0 Å². The number of carbonyl (C=O) groups excluding carboxylic acids is 4. The maximum atomic E-state index is 14.3. The Morgan fingerprint density at radius 1 is 1.02 bits per heavy atom. The van der Waals surface area contributed by atoms with Gasteiger partial charge in [-0.05, 0) is 79.7 Å². The third-order valence-corrected chi connectivity index (χ3v) is 9.64. The van der Waals surface area contributed by atoms with E-state index in [0.717, 1.165) is 36.7 Å². The summed E-state index contributed by atoms with van der Waals surface area (Å²) in [6.45, 7) is 3.50. The Bertz CT molecular complexity index is 1450. The van der Waals surface area contributed by atoms with Crippen molar-refractivity contribution < 1.29 is 28.0 Å². The van der Waals surface area contributed by atoms with Gasteiger partial charge in [-0.3, -0.25) is 24.6 Å². The standard InChI is InChI=1S/C31H35F2N5O4/c1-3-37-10-4-5-24-26(37)9-8-25(19-11-21(32)14-22(33)12-19)38(28(24)40)17-27(39)34-23-7-6-18-15-31(16-20(18)13-23)29(41)35-30(42)36(31)2/h6-7,11-14,24-26H,3-5,8-10,15-17H2,1-2H3,(H,34,39)(H,35,41,42). The maximum absolute atomic E-state index is 14.3. The number of nitrogens with zero attached hydrogens (tertiary/aromatic N) is 3. The summed E-state index contributed by atoms with van der Waals surface area (Å²) < 4.78 is 28.6. The third-order valence-electron chi connectivity index (χ3n) is 9.64. The number of amides is 5. The highest BCUT2D eigenvalue weighted by Gasteiger charge is 2.54. The Kier molecular flexibility index (Phi) is 7.24. The molecule has 3 aliphatic heterocycles. The van der Waals surface area contributed by atoms with Crippen molar-refractivity contribution in [2.24, 2.45) is 5.92 Å². The molecule has 1 spiro atoms. The van der Waals surface area contributed by atoms with Crippen LogP contribution >= 0.6 is 0 Å². The topological polar surface area (TPSA) is 102 Å². The highest BCUT2D eigenvalue weighted by Crippen LogP contribution is 2.40. The molecule has 2 aromatic rings. The monoisotopic (exact) mass is 579 g/mol. The summed E-state index contributed by atoms with van der Waals surface area (Å²) in [5.41, 5.74) is 1.65. The molecule has 3 fully saturated rings. The van der Waals surface area contributed by atoms with Gasteiger partial charge in [0.15, 0.2) is 0 Å². The molecule has 9 nitrogen and oxygen atoms in total. The number of halogens is 2. The van der Waals surface area contributed by atoms with Crippen molar-refractivity contribution in [2.75, 3.05) is 32.0 Å². The summed E-state index contributed by atoms with van der Waals surface area (Å²) in [6.07, 6.45) is 3.46. The number of benzene rings is 2. The molecule has 0 aromatic heterocycles. The zero-order chi connectivity index (χ0) is 29.8. The second-order valence-electron chi connectivity index (χ2n) is 11.9. The minimum absolute atomic E-state index is 0.0204. The number of imide groups is 1. The number of anilines is 1. The van der Waals surface area contributed by atoms with Crippen LogP contribution in [-0.2, 0) is 27.2 Å². The fourth-order valence-electron chi connectivity index (χ4n) is 7.48. The Hall–Kier alpha value is -3.86. The second-order valence-corrected chi connectivity index (χ2v) is 11.9. The van der Waals surface area contributed by atoms with Gasteiger partial charge in [-0.25, -0.2) is 13.6 Å². The van der Waals surface area contributed by atoms with E-state index < -0.39 is 35.2 Å². The van der Waals surface area contributed by atoms with Crippen LogP contribution in [-0.4, -0.2) is 76.7 Å². The van der Waals surface area contributed by atoms with Crippen molar-refractivity contribution in [3.8, 4) is 0 Å². The number of hydrogen-bond donors (Lipinski definition) is 2. The lowest BCUT2D eigenvalue weighted by molar-refractivity contribution is -0.142. The second kappa shape index (κ2) is 10.8. The van der Waals surface area contributed by atoms with Gasteiger partial charge >= 0.3 is 6.03 Å². The van der Waals surface area contributed by atoms with Crippen LogP contribution in [0.4, 0.5) is 19.3 Å². The van der Waals surface area contributed by atoms with Crippen molar-refractivity contribution in [1.29, 1.82) is 0 Å². The number of fused-ring (bicyclic) bond motifs is 2. The number of urea groups is 1. The molecule has 5 amide bonds. The molecule has 0 radical (unpaired) electrons. The average Bonchev–Trinajstić information content (AvgIpc) is 3.38. The molecule has 1 aliphatic carbocycles. The molecular weight excluding hydrogens is 544 g/mol. The van der Waals surface area contributed by atoms with Gasteiger partial charge in [0.25, 0.3) is 5.91 Å². The van der Waals surface area contributed by atoms with Crippen LogP contribution in [0.25, 0.3) is 0 Å². The Morgan fingerprint density at radius 3 is 2.45 bits per heavy atom. The molecule has 2 aromatic carbocycles. The van der Waals surface area contributed by atoms with Crippen LogP contribution in [0.2, 0.25) is 0 Å². The van der Waals surface area contributed by atoms with Gasteiger partial charge in [-0.15, -0.1) is 0 Å². The first-order chi connectivity index (χ1) is 20.1. The van der Waals surface area contributed by atoms with Gasteiger partial charge in [-0.1, -0.05) is 13.0 Å². The summed E-state index contributed by atoms with van der Waals surface area (Å²) in [7, 11) is 1.60. The summed E-state index contributed by atoms with van der Waals surface area (Å²) in [6, 6.07) is 7.61. The molecule has 42 heavy (non-hydrogen) atoms. The van der Waals surface area contributed by atoms with E-state index in [1.165, 1.54) is 21.9 Å². The van der Waals surface area contributed by atoms with Crippen molar-refractivity contribution in [1.82, 2.24) is 20.0 Å². The summed E-state index contributed by atoms with van der Waals surface area (Å²) in [4.78, 5) is 57.4. The number of carbonyl (C=O) groups is 4. The van der Waals surface area contributed by atoms with Gasteiger partial charge in [0, 0.05) is 37.7 Å². The van der Waals surface area contributed by atoms with E-state index in [9.17, 15) is 28.0 Å². The molecule has 0 bridgehead atoms. The molecule has 3 saturated heterocycles. The molecule has 222 valence electrons. The van der Waals surface area contributed by atoms with Gasteiger partial charge in [0.1, 0.15) is 23.7 Å². The Morgan fingerprint density at radius 2 is 1.76 bits per heavy atom. The van der Waals surface area contributed by atoms with E-state index in [1.54, 1.807) is 19.2 Å². The molecule has 2 N–H and O–H groups in total. The fraction of sp³-hybridized carbons (Fsp3) is 0.484. The van der Waals surface area contributed by atoms with Gasteiger partial charge in [-0.2, -0.15) is 0 Å². The quantitative estimate of drug-likeness (QED) is 0.529. The lowest BCUT2D eigenvalue weighted by Gasteiger charge is -2.40. The van der Waals surface area contributed by atoms with Crippen molar-refractivity contribution in [3.05, 3.63) is 64.7 Å². The SMILES string of the molecule is CCN1CCCC2C(=O)N(CC(=O)Nc3ccc4c(c3)CC3(C4)C(=O)NC(=O)N3C)C(c3cc(F)cc(F)c3)CCC21. The molecular formula is C31H35F2N5O4. The van der Waals surface area contributed by atoms with Gasteiger partial charge in [0.2, 0.25) is 11.8 Å². The smallest absolute Gasteiger partial charge is 0.324 e. The Labute approximate surface area is 243 Å². The fourth-order valence-corrected chi connectivity index (χ4v) is 7.48. The number of nitrogens with one attached hydrogen (secondary N) is 2. The lowest BCUT2D eigenvalue weighted by atomic mass is 9.86. The maximum Gasteiger partial charge on any atom is 0.324 e. The van der Waals surface area contributed by atoms with Crippen LogP contribution < -0.4 is 10.6 Å². The zero-order valence-electron chi connectivity index (χ0n) is 23.8. The number of likely N-dealkylation sites (tertiary alicyclic amines) is 2. The number of rotatable bonds is 5. The molecule has 4 unspecified atom stereocenters. The number of hydrogen-bond acceptors (Lipinski definition) is 5. The lowest BCUT2D eigenvalue weighted by Crippen LogP contribution is -2.50. The first-order valence-electron chi connectivity index (χ1n) is 14.6. The van der Waals surface area contributed by atoms with E-state index in [4.69, 9.17) is 0 Å². The van der Waals surface area contributed by atoms with E-state index in [1.807, 2.05) is 6.07 Å².